The van der Waals surface area contributed by atoms with E-state index in [2.05, 4.69) is 11.2 Å². The van der Waals surface area contributed by atoms with Gasteiger partial charge >= 0.3 is 6.03 Å². The monoisotopic (exact) mass is 493 g/mol. The van der Waals surface area contributed by atoms with Crippen LogP contribution >= 0.6 is 11.3 Å². The van der Waals surface area contributed by atoms with Crippen molar-refractivity contribution in [3.63, 3.8) is 0 Å². The average molecular weight is 494 g/mol. The Balaban J connectivity index is 1.61. The van der Waals surface area contributed by atoms with Gasteiger partial charge in [0.1, 0.15) is 12.2 Å². The number of benzene rings is 1. The van der Waals surface area contributed by atoms with E-state index in [4.69, 9.17) is 6.42 Å². The summed E-state index contributed by atoms with van der Waals surface area (Å²) in [5, 5.41) is 8.13. The fourth-order valence-electron chi connectivity index (χ4n) is 4.75. The molecule has 0 saturated carbocycles. The Morgan fingerprint density at radius 2 is 1.97 bits per heavy atom. The van der Waals surface area contributed by atoms with E-state index >= 15 is 0 Å². The third kappa shape index (κ3) is 5.34. The second kappa shape index (κ2) is 10.9. The number of nitrogens with zero attached hydrogens (tertiary/aromatic N) is 4. The Hall–Kier alpha value is -3.35. The van der Waals surface area contributed by atoms with Crippen LogP contribution in [-0.2, 0) is 22.6 Å². The van der Waals surface area contributed by atoms with E-state index in [1.165, 1.54) is 4.88 Å². The number of fused-ring (bicyclic) bond motifs is 1. The Labute approximate surface area is 210 Å². The molecule has 8 nitrogen and oxygen atoms in total. The smallest absolute Gasteiger partial charge is 0.334 e. The SMILES string of the molecule is C#CCN1CC(=O)N2[C@@H](C(C)C)C(=O)N(CCc3cccs3)C[C@@H]2N1C(=O)NCc1ccccc1. The standard InChI is InChI=1S/C26H31N5O3S/c1-4-13-29-18-23(32)30-22(31(29)26(34)27-16-20-9-6-5-7-10-20)17-28(25(33)24(30)19(2)3)14-12-21-11-8-15-35-21/h1,5-11,15,19,22,24H,12-14,16-18H2,2-3H3,(H,27,34)/t22-,24-/m0/s1. The van der Waals surface area contributed by atoms with Crippen LogP contribution in [0.25, 0.3) is 0 Å². The number of hydrogen-bond acceptors (Lipinski definition) is 5. The topological polar surface area (TPSA) is 76.2 Å². The van der Waals surface area contributed by atoms with Gasteiger partial charge in [-0.25, -0.2) is 9.80 Å². The molecule has 0 unspecified atom stereocenters. The second-order valence-corrected chi connectivity index (χ2v) is 10.1. The van der Waals surface area contributed by atoms with Crippen LogP contribution in [0.15, 0.2) is 47.8 Å². The lowest BCUT2D eigenvalue weighted by Gasteiger charge is -2.55. The van der Waals surface area contributed by atoms with Crippen molar-refractivity contribution < 1.29 is 14.4 Å². The van der Waals surface area contributed by atoms with Crippen molar-refractivity contribution in [1.29, 1.82) is 0 Å². The zero-order valence-corrected chi connectivity index (χ0v) is 20.9. The number of carbonyl (C=O) groups is 3. The average Bonchev–Trinajstić information content (AvgIpc) is 3.36. The van der Waals surface area contributed by atoms with Gasteiger partial charge in [-0.3, -0.25) is 9.59 Å². The fraction of sp³-hybridized carbons (Fsp3) is 0.423. The van der Waals surface area contributed by atoms with Gasteiger partial charge in [-0.1, -0.05) is 56.2 Å². The lowest BCUT2D eigenvalue weighted by atomic mass is 9.96. The molecule has 3 heterocycles. The number of piperazine rings is 1. The highest BCUT2D eigenvalue weighted by Gasteiger charge is 2.52. The van der Waals surface area contributed by atoms with Crippen molar-refractivity contribution in [3.05, 3.63) is 58.3 Å². The largest absolute Gasteiger partial charge is 0.337 e. The molecule has 2 saturated heterocycles. The molecule has 9 heteroatoms. The summed E-state index contributed by atoms with van der Waals surface area (Å²) < 4.78 is 0. The van der Waals surface area contributed by atoms with Crippen molar-refractivity contribution in [3.8, 4) is 12.3 Å². The predicted molar refractivity (Wildman–Crippen MR) is 135 cm³/mol. The number of thiophene rings is 1. The molecule has 4 rings (SSSR count). The molecule has 0 spiro atoms. The van der Waals surface area contributed by atoms with E-state index in [0.717, 1.165) is 12.0 Å². The summed E-state index contributed by atoms with van der Waals surface area (Å²) in [6.45, 7) is 5.03. The van der Waals surface area contributed by atoms with Gasteiger partial charge in [0.25, 0.3) is 0 Å². The van der Waals surface area contributed by atoms with Gasteiger partial charge < -0.3 is 15.1 Å². The molecule has 0 bridgehead atoms. The van der Waals surface area contributed by atoms with Crippen LogP contribution in [0.2, 0.25) is 0 Å². The number of nitrogens with one attached hydrogen (secondary N) is 1. The van der Waals surface area contributed by atoms with E-state index in [1.807, 2.05) is 61.7 Å². The molecule has 0 radical (unpaired) electrons. The Kier molecular flexibility index (Phi) is 7.73. The number of rotatable bonds is 7. The number of amides is 4. The van der Waals surface area contributed by atoms with Crippen LogP contribution in [0, 0.1) is 18.3 Å². The van der Waals surface area contributed by atoms with Crippen LogP contribution in [-0.4, -0.2) is 76.0 Å². The van der Waals surface area contributed by atoms with Crippen LogP contribution in [0.3, 0.4) is 0 Å². The third-order valence-corrected chi connectivity index (χ3v) is 7.31. The highest BCUT2D eigenvalue weighted by Crippen LogP contribution is 2.30. The molecular weight excluding hydrogens is 462 g/mol. The van der Waals surface area contributed by atoms with Crippen LogP contribution in [0.4, 0.5) is 4.79 Å². The van der Waals surface area contributed by atoms with Crippen molar-refractivity contribution >= 4 is 29.2 Å². The van der Waals surface area contributed by atoms with Crippen LogP contribution in [0.5, 0.6) is 0 Å². The van der Waals surface area contributed by atoms with Gasteiger partial charge in [0.15, 0.2) is 0 Å². The third-order valence-electron chi connectivity index (χ3n) is 6.37. The van der Waals surface area contributed by atoms with Gasteiger partial charge in [0.05, 0.1) is 19.6 Å². The number of hydrogen-bond donors (Lipinski definition) is 1. The zero-order valence-electron chi connectivity index (χ0n) is 20.1. The minimum Gasteiger partial charge on any atom is -0.337 e. The van der Waals surface area contributed by atoms with Gasteiger partial charge in [0.2, 0.25) is 11.8 Å². The molecule has 184 valence electrons. The number of carbonyl (C=O) groups excluding carboxylic acids is 3. The van der Waals surface area contributed by atoms with Crippen LogP contribution in [0.1, 0.15) is 24.3 Å². The Morgan fingerprint density at radius 1 is 1.20 bits per heavy atom. The summed E-state index contributed by atoms with van der Waals surface area (Å²) in [7, 11) is 0. The van der Waals surface area contributed by atoms with Gasteiger partial charge in [0, 0.05) is 18.0 Å². The highest BCUT2D eigenvalue weighted by atomic mass is 32.1. The van der Waals surface area contributed by atoms with Crippen molar-refractivity contribution in [2.45, 2.75) is 39.0 Å². The summed E-state index contributed by atoms with van der Waals surface area (Å²) in [5.41, 5.74) is 0.964. The normalized spacial score (nSPS) is 20.7. The molecule has 2 aromatic rings. The number of urea groups is 1. The molecule has 1 aromatic carbocycles. The minimum atomic E-state index is -0.637. The quantitative estimate of drug-likeness (QED) is 0.601. The van der Waals surface area contributed by atoms with Gasteiger partial charge in [-0.2, -0.15) is 5.01 Å². The van der Waals surface area contributed by atoms with Crippen LogP contribution < -0.4 is 5.32 Å². The molecule has 2 aliphatic heterocycles. The predicted octanol–water partition coefficient (Wildman–Crippen LogP) is 2.39. The Morgan fingerprint density at radius 3 is 2.63 bits per heavy atom. The van der Waals surface area contributed by atoms with E-state index < -0.39 is 12.2 Å². The van der Waals surface area contributed by atoms with E-state index in [-0.39, 0.29) is 43.4 Å². The summed E-state index contributed by atoms with van der Waals surface area (Å²) in [5.74, 6) is 2.19. The summed E-state index contributed by atoms with van der Waals surface area (Å²) in [6, 6.07) is 12.7. The van der Waals surface area contributed by atoms with Crippen molar-refractivity contribution in [2.24, 2.45) is 5.92 Å². The molecule has 4 amide bonds. The maximum atomic E-state index is 13.5. The first-order chi connectivity index (χ1) is 16.9. The molecule has 1 N–H and O–H groups in total. The maximum absolute atomic E-state index is 13.5. The van der Waals surface area contributed by atoms with Crippen molar-refractivity contribution in [2.75, 3.05) is 26.2 Å². The van der Waals surface area contributed by atoms with E-state index in [1.54, 1.807) is 31.2 Å². The fourth-order valence-corrected chi connectivity index (χ4v) is 5.45. The lowest BCUT2D eigenvalue weighted by Crippen LogP contribution is -2.77. The summed E-state index contributed by atoms with van der Waals surface area (Å²) in [6.07, 6.45) is 5.68. The van der Waals surface area contributed by atoms with Gasteiger partial charge in [-0.05, 0) is 29.3 Å². The van der Waals surface area contributed by atoms with E-state index in [0.29, 0.717) is 13.1 Å². The first-order valence-electron chi connectivity index (χ1n) is 11.8. The second-order valence-electron chi connectivity index (χ2n) is 9.10. The Bertz CT molecular complexity index is 1080. The molecule has 1 aromatic heterocycles. The summed E-state index contributed by atoms with van der Waals surface area (Å²) >= 11 is 1.65. The number of terminal acetylenes is 1. The first kappa shape index (κ1) is 24.8. The molecule has 0 aliphatic carbocycles. The van der Waals surface area contributed by atoms with E-state index in [9.17, 15) is 14.4 Å². The zero-order chi connectivity index (χ0) is 24.9. The maximum Gasteiger partial charge on any atom is 0.334 e. The molecule has 2 aliphatic rings. The summed E-state index contributed by atoms with van der Waals surface area (Å²) in [4.78, 5) is 44.8. The molecule has 2 atom stereocenters. The lowest BCUT2D eigenvalue weighted by molar-refractivity contribution is -0.191. The van der Waals surface area contributed by atoms with Crippen molar-refractivity contribution in [1.82, 2.24) is 25.1 Å². The molecular formula is C26H31N5O3S. The first-order valence-corrected chi connectivity index (χ1v) is 12.7. The van der Waals surface area contributed by atoms with Gasteiger partial charge in [-0.15, -0.1) is 17.8 Å². The molecule has 35 heavy (non-hydrogen) atoms. The highest BCUT2D eigenvalue weighted by molar-refractivity contribution is 7.09. The number of hydrazine groups is 1. The minimum absolute atomic E-state index is 0.0504. The molecule has 2 fully saturated rings.